The third kappa shape index (κ3) is 3.51. The van der Waals surface area contributed by atoms with Crippen LogP contribution in [0.15, 0.2) is 28.7 Å². The first-order chi connectivity index (χ1) is 8.95. The van der Waals surface area contributed by atoms with E-state index in [0.717, 1.165) is 22.9 Å². The van der Waals surface area contributed by atoms with Crippen molar-refractivity contribution in [2.45, 2.75) is 39.3 Å². The minimum absolute atomic E-state index is 0.153. The van der Waals surface area contributed by atoms with E-state index >= 15 is 0 Å². The van der Waals surface area contributed by atoms with E-state index < -0.39 is 5.41 Å². The summed E-state index contributed by atoms with van der Waals surface area (Å²) in [6.07, 6.45) is 2.21. The lowest BCUT2D eigenvalue weighted by Crippen LogP contribution is -2.42. The number of carbonyl (C=O) groups is 1. The molecule has 0 atom stereocenters. The highest BCUT2D eigenvalue weighted by Gasteiger charge is 2.39. The SMILES string of the molecule is CC(C)(CCl)C(=O)N(Cc1ccccc1Br)C1CC1. The molecule has 0 saturated heterocycles. The molecule has 2 nitrogen and oxygen atoms in total. The van der Waals surface area contributed by atoms with E-state index in [1.807, 2.05) is 36.9 Å². The van der Waals surface area contributed by atoms with Gasteiger partial charge in [0.15, 0.2) is 0 Å². The van der Waals surface area contributed by atoms with E-state index in [1.165, 1.54) is 0 Å². The van der Waals surface area contributed by atoms with E-state index in [1.54, 1.807) is 0 Å². The van der Waals surface area contributed by atoms with Crippen molar-refractivity contribution in [1.29, 1.82) is 0 Å². The number of alkyl halides is 1. The van der Waals surface area contributed by atoms with Crippen LogP contribution in [-0.4, -0.2) is 22.7 Å². The van der Waals surface area contributed by atoms with Gasteiger partial charge < -0.3 is 4.90 Å². The molecule has 1 amide bonds. The van der Waals surface area contributed by atoms with Crippen LogP contribution >= 0.6 is 27.5 Å². The van der Waals surface area contributed by atoms with Crippen molar-refractivity contribution in [3.05, 3.63) is 34.3 Å². The Labute approximate surface area is 128 Å². The predicted molar refractivity (Wildman–Crippen MR) is 82.2 cm³/mol. The number of benzene rings is 1. The first-order valence-corrected chi connectivity index (χ1v) is 7.89. The average Bonchev–Trinajstić information content (AvgIpc) is 3.21. The van der Waals surface area contributed by atoms with Gasteiger partial charge in [-0.25, -0.2) is 0 Å². The van der Waals surface area contributed by atoms with Crippen LogP contribution < -0.4 is 0 Å². The smallest absolute Gasteiger partial charge is 0.229 e. The van der Waals surface area contributed by atoms with Gasteiger partial charge in [-0.1, -0.05) is 34.1 Å². The number of hydrogen-bond acceptors (Lipinski definition) is 1. The molecule has 104 valence electrons. The molecule has 1 aliphatic rings. The topological polar surface area (TPSA) is 20.3 Å². The maximum Gasteiger partial charge on any atom is 0.229 e. The van der Waals surface area contributed by atoms with Gasteiger partial charge in [0.2, 0.25) is 5.91 Å². The van der Waals surface area contributed by atoms with Gasteiger partial charge in [-0.05, 0) is 38.3 Å². The Morgan fingerprint density at radius 2 is 2.05 bits per heavy atom. The summed E-state index contributed by atoms with van der Waals surface area (Å²) >= 11 is 9.48. The Bertz CT molecular complexity index is 471. The van der Waals surface area contributed by atoms with Crippen LogP contribution in [0.25, 0.3) is 0 Å². The van der Waals surface area contributed by atoms with Gasteiger partial charge in [-0.3, -0.25) is 4.79 Å². The third-order valence-electron chi connectivity index (χ3n) is 3.46. The lowest BCUT2D eigenvalue weighted by Gasteiger charge is -2.31. The number of hydrogen-bond donors (Lipinski definition) is 0. The largest absolute Gasteiger partial charge is 0.335 e. The Morgan fingerprint density at radius 1 is 1.42 bits per heavy atom. The summed E-state index contributed by atoms with van der Waals surface area (Å²) in [4.78, 5) is 14.6. The van der Waals surface area contributed by atoms with Gasteiger partial charge in [-0.2, -0.15) is 0 Å². The van der Waals surface area contributed by atoms with Gasteiger partial charge in [0, 0.05) is 22.9 Å². The van der Waals surface area contributed by atoms with Gasteiger partial charge in [0.25, 0.3) is 0 Å². The van der Waals surface area contributed by atoms with Crippen LogP contribution in [0.5, 0.6) is 0 Å². The molecule has 0 bridgehead atoms. The summed E-state index contributed by atoms with van der Waals surface area (Å²) in [6, 6.07) is 8.45. The molecule has 1 aromatic rings. The quantitative estimate of drug-likeness (QED) is 0.733. The summed E-state index contributed by atoms with van der Waals surface area (Å²) in [7, 11) is 0. The highest BCUT2D eigenvalue weighted by molar-refractivity contribution is 9.10. The van der Waals surface area contributed by atoms with Crippen LogP contribution in [0, 0.1) is 5.41 Å². The van der Waals surface area contributed by atoms with Crippen molar-refractivity contribution in [1.82, 2.24) is 4.90 Å². The second kappa shape index (κ2) is 5.84. The molecule has 0 N–H and O–H groups in total. The van der Waals surface area contributed by atoms with Crippen molar-refractivity contribution in [3.8, 4) is 0 Å². The van der Waals surface area contributed by atoms with Gasteiger partial charge in [0.05, 0.1) is 5.41 Å². The van der Waals surface area contributed by atoms with E-state index in [9.17, 15) is 4.79 Å². The molecule has 2 rings (SSSR count). The second-order valence-electron chi connectivity index (χ2n) is 5.77. The van der Waals surface area contributed by atoms with E-state index in [2.05, 4.69) is 22.0 Å². The Balaban J connectivity index is 2.18. The first-order valence-electron chi connectivity index (χ1n) is 6.56. The number of amides is 1. The van der Waals surface area contributed by atoms with Crippen LogP contribution in [-0.2, 0) is 11.3 Å². The predicted octanol–water partition coefficient (Wildman–Crippen LogP) is 4.21. The van der Waals surface area contributed by atoms with Crippen LogP contribution in [0.2, 0.25) is 0 Å². The molecule has 1 saturated carbocycles. The summed E-state index contributed by atoms with van der Waals surface area (Å²) in [5.74, 6) is 0.506. The standard InChI is InChI=1S/C15H19BrClNO/c1-15(2,10-17)14(19)18(12-7-8-12)9-11-5-3-4-6-13(11)16/h3-6,12H,7-10H2,1-2H3. The molecule has 4 heteroatoms. The summed E-state index contributed by atoms with van der Waals surface area (Å²) in [5.41, 5.74) is 0.652. The molecule has 0 aliphatic heterocycles. The number of nitrogens with zero attached hydrogens (tertiary/aromatic N) is 1. The Morgan fingerprint density at radius 3 is 2.58 bits per heavy atom. The summed E-state index contributed by atoms with van der Waals surface area (Å²) in [6.45, 7) is 4.49. The average molecular weight is 345 g/mol. The van der Waals surface area contributed by atoms with E-state index in [0.29, 0.717) is 18.5 Å². The fourth-order valence-corrected chi connectivity index (χ4v) is 2.53. The Hall–Kier alpha value is -0.540. The van der Waals surface area contributed by atoms with E-state index in [4.69, 9.17) is 11.6 Å². The molecule has 1 aromatic carbocycles. The highest BCUT2D eigenvalue weighted by atomic mass is 79.9. The fraction of sp³-hybridized carbons (Fsp3) is 0.533. The summed E-state index contributed by atoms with van der Waals surface area (Å²) < 4.78 is 1.05. The van der Waals surface area contributed by atoms with Crippen LogP contribution in [0.3, 0.4) is 0 Å². The lowest BCUT2D eigenvalue weighted by molar-refractivity contribution is -0.140. The molecule has 0 radical (unpaired) electrons. The second-order valence-corrected chi connectivity index (χ2v) is 6.89. The lowest BCUT2D eigenvalue weighted by atomic mass is 9.94. The first kappa shape index (κ1) is 14.9. The maximum absolute atomic E-state index is 12.6. The molecule has 19 heavy (non-hydrogen) atoms. The molecule has 0 heterocycles. The normalized spacial score (nSPS) is 15.4. The van der Waals surface area contributed by atoms with Crippen molar-refractivity contribution >= 4 is 33.4 Å². The number of carbonyl (C=O) groups excluding carboxylic acids is 1. The number of rotatable bonds is 5. The molecule has 1 fully saturated rings. The highest BCUT2D eigenvalue weighted by Crippen LogP contribution is 2.34. The molecular formula is C15H19BrClNO. The van der Waals surface area contributed by atoms with Gasteiger partial charge in [0.1, 0.15) is 0 Å². The third-order valence-corrected chi connectivity index (χ3v) is 4.90. The minimum Gasteiger partial charge on any atom is -0.335 e. The van der Waals surface area contributed by atoms with E-state index in [-0.39, 0.29) is 5.91 Å². The minimum atomic E-state index is -0.495. The fourth-order valence-electron chi connectivity index (χ4n) is 2.01. The van der Waals surface area contributed by atoms with Crippen molar-refractivity contribution < 1.29 is 4.79 Å². The molecular weight excluding hydrogens is 326 g/mol. The van der Waals surface area contributed by atoms with Gasteiger partial charge in [-0.15, -0.1) is 11.6 Å². The van der Waals surface area contributed by atoms with Crippen LogP contribution in [0.4, 0.5) is 0 Å². The monoisotopic (exact) mass is 343 g/mol. The Kier molecular flexibility index (Phi) is 4.57. The van der Waals surface area contributed by atoms with Crippen molar-refractivity contribution in [2.24, 2.45) is 5.41 Å². The van der Waals surface area contributed by atoms with Crippen molar-refractivity contribution in [2.75, 3.05) is 5.88 Å². The summed E-state index contributed by atoms with van der Waals surface area (Å²) in [5, 5.41) is 0. The van der Waals surface area contributed by atoms with Gasteiger partial charge >= 0.3 is 0 Å². The zero-order valence-corrected chi connectivity index (χ0v) is 13.7. The zero-order chi connectivity index (χ0) is 14.0. The van der Waals surface area contributed by atoms with Crippen molar-refractivity contribution in [3.63, 3.8) is 0 Å². The van der Waals surface area contributed by atoms with Crippen LogP contribution in [0.1, 0.15) is 32.3 Å². The molecule has 0 spiro atoms. The zero-order valence-electron chi connectivity index (χ0n) is 11.3. The number of halogens is 2. The molecule has 1 aliphatic carbocycles. The maximum atomic E-state index is 12.6. The molecule has 0 aromatic heterocycles. The molecule has 0 unspecified atom stereocenters.